The molecule has 0 aliphatic rings. The van der Waals surface area contributed by atoms with Crippen LogP contribution in [0.2, 0.25) is 0 Å². The van der Waals surface area contributed by atoms with Crippen molar-refractivity contribution < 1.29 is 0 Å². The standard InChI is InChI=1S/C14H17N3/c1-11-5-7-12(8-6-11)17(2)14-4-3-9-16-13(14)10-15/h3-9H,10,15H2,1-2H3. The minimum atomic E-state index is 0.451. The molecule has 0 spiro atoms. The van der Waals surface area contributed by atoms with Crippen LogP contribution in [-0.2, 0) is 6.54 Å². The number of rotatable bonds is 3. The highest BCUT2D eigenvalue weighted by molar-refractivity contribution is 5.64. The molecule has 0 unspecified atom stereocenters. The topological polar surface area (TPSA) is 42.2 Å². The van der Waals surface area contributed by atoms with Crippen LogP contribution in [0.5, 0.6) is 0 Å². The summed E-state index contributed by atoms with van der Waals surface area (Å²) in [6, 6.07) is 12.4. The molecule has 1 aromatic carbocycles. The van der Waals surface area contributed by atoms with E-state index < -0.39 is 0 Å². The van der Waals surface area contributed by atoms with Gasteiger partial charge in [-0.3, -0.25) is 4.98 Å². The number of hydrogen-bond acceptors (Lipinski definition) is 3. The van der Waals surface area contributed by atoms with Gasteiger partial charge in [-0.2, -0.15) is 0 Å². The van der Waals surface area contributed by atoms with Crippen molar-refractivity contribution in [3.05, 3.63) is 53.9 Å². The van der Waals surface area contributed by atoms with E-state index in [-0.39, 0.29) is 0 Å². The Morgan fingerprint density at radius 2 is 1.88 bits per heavy atom. The number of aryl methyl sites for hydroxylation is 1. The number of benzene rings is 1. The van der Waals surface area contributed by atoms with Gasteiger partial charge in [0, 0.05) is 25.5 Å². The van der Waals surface area contributed by atoms with Crippen molar-refractivity contribution in [1.29, 1.82) is 0 Å². The number of nitrogens with two attached hydrogens (primary N) is 1. The van der Waals surface area contributed by atoms with E-state index >= 15 is 0 Å². The lowest BCUT2D eigenvalue weighted by molar-refractivity contribution is 0.973. The third-order valence-corrected chi connectivity index (χ3v) is 2.84. The second-order valence-electron chi connectivity index (χ2n) is 4.07. The fraction of sp³-hybridized carbons (Fsp3) is 0.214. The largest absolute Gasteiger partial charge is 0.343 e. The first-order valence-electron chi connectivity index (χ1n) is 5.66. The molecule has 0 saturated carbocycles. The van der Waals surface area contributed by atoms with E-state index in [9.17, 15) is 0 Å². The Labute approximate surface area is 102 Å². The Hall–Kier alpha value is -1.87. The molecule has 0 fully saturated rings. The van der Waals surface area contributed by atoms with Gasteiger partial charge in [-0.25, -0.2) is 0 Å². The summed E-state index contributed by atoms with van der Waals surface area (Å²) >= 11 is 0. The van der Waals surface area contributed by atoms with Gasteiger partial charge in [-0.15, -0.1) is 0 Å². The molecule has 1 aromatic heterocycles. The molecule has 0 bridgehead atoms. The maximum atomic E-state index is 5.70. The maximum Gasteiger partial charge on any atom is 0.0775 e. The number of hydrogen-bond donors (Lipinski definition) is 1. The highest BCUT2D eigenvalue weighted by Gasteiger charge is 2.08. The number of aromatic nitrogens is 1. The van der Waals surface area contributed by atoms with Crippen LogP contribution < -0.4 is 10.6 Å². The van der Waals surface area contributed by atoms with E-state index in [0.717, 1.165) is 17.1 Å². The van der Waals surface area contributed by atoms with Crippen LogP contribution in [0.3, 0.4) is 0 Å². The Morgan fingerprint density at radius 3 is 2.53 bits per heavy atom. The zero-order chi connectivity index (χ0) is 12.3. The van der Waals surface area contributed by atoms with Gasteiger partial charge < -0.3 is 10.6 Å². The summed E-state index contributed by atoms with van der Waals surface area (Å²) in [6.07, 6.45) is 1.77. The molecule has 3 heteroatoms. The first-order chi connectivity index (χ1) is 8.22. The predicted octanol–water partition coefficient (Wildman–Crippen LogP) is 2.62. The highest BCUT2D eigenvalue weighted by atomic mass is 15.1. The molecule has 2 N–H and O–H groups in total. The molecular formula is C14H17N3. The summed E-state index contributed by atoms with van der Waals surface area (Å²) in [7, 11) is 2.03. The summed E-state index contributed by atoms with van der Waals surface area (Å²) in [4.78, 5) is 6.40. The maximum absolute atomic E-state index is 5.70. The summed E-state index contributed by atoms with van der Waals surface area (Å²) in [6.45, 7) is 2.53. The summed E-state index contributed by atoms with van der Waals surface area (Å²) in [5.74, 6) is 0. The van der Waals surface area contributed by atoms with Gasteiger partial charge in [-0.1, -0.05) is 17.7 Å². The van der Waals surface area contributed by atoms with Crippen molar-refractivity contribution in [2.24, 2.45) is 5.73 Å². The molecule has 0 aliphatic heterocycles. The van der Waals surface area contributed by atoms with Crippen molar-refractivity contribution in [2.75, 3.05) is 11.9 Å². The summed E-state index contributed by atoms with van der Waals surface area (Å²) in [5.41, 5.74) is 10.1. The molecule has 0 saturated heterocycles. The molecular weight excluding hydrogens is 210 g/mol. The van der Waals surface area contributed by atoms with Gasteiger partial charge in [-0.05, 0) is 31.2 Å². The molecule has 0 atom stereocenters. The number of anilines is 2. The zero-order valence-electron chi connectivity index (χ0n) is 10.2. The van der Waals surface area contributed by atoms with E-state index in [0.29, 0.717) is 6.54 Å². The minimum absolute atomic E-state index is 0.451. The Morgan fingerprint density at radius 1 is 1.18 bits per heavy atom. The molecule has 17 heavy (non-hydrogen) atoms. The Balaban J connectivity index is 2.36. The molecule has 1 heterocycles. The zero-order valence-corrected chi connectivity index (χ0v) is 10.2. The molecule has 0 aliphatic carbocycles. The predicted molar refractivity (Wildman–Crippen MR) is 71.4 cm³/mol. The lowest BCUT2D eigenvalue weighted by Crippen LogP contribution is -2.14. The fourth-order valence-corrected chi connectivity index (χ4v) is 1.80. The number of nitrogens with zero attached hydrogens (tertiary/aromatic N) is 2. The third kappa shape index (κ3) is 2.45. The second kappa shape index (κ2) is 4.97. The first-order valence-corrected chi connectivity index (χ1v) is 5.66. The van der Waals surface area contributed by atoms with Crippen molar-refractivity contribution in [2.45, 2.75) is 13.5 Å². The van der Waals surface area contributed by atoms with Crippen LogP contribution in [0.1, 0.15) is 11.3 Å². The average Bonchev–Trinajstić information content (AvgIpc) is 2.39. The quantitative estimate of drug-likeness (QED) is 0.876. The molecule has 2 rings (SSSR count). The van der Waals surface area contributed by atoms with Gasteiger partial charge >= 0.3 is 0 Å². The molecule has 88 valence electrons. The van der Waals surface area contributed by atoms with Crippen LogP contribution in [0.4, 0.5) is 11.4 Å². The van der Waals surface area contributed by atoms with E-state index in [4.69, 9.17) is 5.73 Å². The van der Waals surface area contributed by atoms with E-state index in [1.807, 2.05) is 19.2 Å². The minimum Gasteiger partial charge on any atom is -0.343 e. The molecule has 0 amide bonds. The van der Waals surface area contributed by atoms with Gasteiger partial charge in [0.2, 0.25) is 0 Å². The third-order valence-electron chi connectivity index (χ3n) is 2.84. The fourth-order valence-electron chi connectivity index (χ4n) is 1.80. The Bertz CT molecular complexity index is 491. The lowest BCUT2D eigenvalue weighted by Gasteiger charge is -2.21. The lowest BCUT2D eigenvalue weighted by atomic mass is 10.2. The normalized spacial score (nSPS) is 10.3. The molecule has 3 nitrogen and oxygen atoms in total. The smallest absolute Gasteiger partial charge is 0.0775 e. The van der Waals surface area contributed by atoms with Crippen LogP contribution in [-0.4, -0.2) is 12.0 Å². The van der Waals surface area contributed by atoms with Gasteiger partial charge in [0.05, 0.1) is 11.4 Å². The van der Waals surface area contributed by atoms with E-state index in [1.165, 1.54) is 5.56 Å². The van der Waals surface area contributed by atoms with Crippen molar-refractivity contribution >= 4 is 11.4 Å². The molecule has 2 aromatic rings. The second-order valence-corrected chi connectivity index (χ2v) is 4.07. The van der Waals surface area contributed by atoms with Crippen molar-refractivity contribution in [1.82, 2.24) is 4.98 Å². The van der Waals surface area contributed by atoms with E-state index in [2.05, 4.69) is 41.1 Å². The monoisotopic (exact) mass is 227 g/mol. The van der Waals surface area contributed by atoms with Crippen LogP contribution >= 0.6 is 0 Å². The van der Waals surface area contributed by atoms with Gasteiger partial charge in [0.25, 0.3) is 0 Å². The van der Waals surface area contributed by atoms with Gasteiger partial charge in [0.1, 0.15) is 0 Å². The highest BCUT2D eigenvalue weighted by Crippen LogP contribution is 2.25. The van der Waals surface area contributed by atoms with Crippen LogP contribution in [0, 0.1) is 6.92 Å². The summed E-state index contributed by atoms with van der Waals surface area (Å²) in [5, 5.41) is 0. The number of pyridine rings is 1. The first kappa shape index (κ1) is 11.6. The van der Waals surface area contributed by atoms with Gasteiger partial charge in [0.15, 0.2) is 0 Å². The van der Waals surface area contributed by atoms with Crippen molar-refractivity contribution in [3.63, 3.8) is 0 Å². The Kier molecular flexibility index (Phi) is 3.40. The van der Waals surface area contributed by atoms with Crippen LogP contribution in [0.25, 0.3) is 0 Å². The average molecular weight is 227 g/mol. The SMILES string of the molecule is Cc1ccc(N(C)c2cccnc2CN)cc1. The van der Waals surface area contributed by atoms with Crippen LogP contribution in [0.15, 0.2) is 42.6 Å². The summed E-state index contributed by atoms with van der Waals surface area (Å²) < 4.78 is 0. The molecule has 0 radical (unpaired) electrons. The van der Waals surface area contributed by atoms with E-state index in [1.54, 1.807) is 6.20 Å². The van der Waals surface area contributed by atoms with Crippen molar-refractivity contribution in [3.8, 4) is 0 Å².